The number of carbonyl (C=O) groups excluding carboxylic acids is 1. The Morgan fingerprint density at radius 3 is 2.68 bits per heavy atom. The van der Waals surface area contributed by atoms with Crippen molar-refractivity contribution in [3.63, 3.8) is 0 Å². The van der Waals surface area contributed by atoms with E-state index in [1.807, 2.05) is 0 Å². The van der Waals surface area contributed by atoms with Crippen LogP contribution in [0, 0.1) is 10.1 Å². The Kier molecular flexibility index (Phi) is 3.29. The van der Waals surface area contributed by atoms with Gasteiger partial charge in [0.1, 0.15) is 10.6 Å². The number of nitrogens with zero attached hydrogens (tertiary/aromatic N) is 1. The smallest absolute Gasteiger partial charge is 0.345 e. The van der Waals surface area contributed by atoms with Gasteiger partial charge in [-0.1, -0.05) is 0 Å². The summed E-state index contributed by atoms with van der Waals surface area (Å²) in [6.07, 6.45) is 1.10. The molecule has 0 spiro atoms. The first-order chi connectivity index (χ1) is 8.97. The highest BCUT2D eigenvalue weighted by atomic mass is 32.1. The SMILES string of the molecule is O=C(Nc1ccc(C(=O)O)s1)c1cc([N+](=O)[O-])c[nH]1. The molecule has 8 nitrogen and oxygen atoms in total. The van der Waals surface area contributed by atoms with E-state index in [-0.39, 0.29) is 16.3 Å². The van der Waals surface area contributed by atoms with Crippen molar-refractivity contribution in [2.24, 2.45) is 0 Å². The van der Waals surface area contributed by atoms with Crippen molar-refractivity contribution in [2.75, 3.05) is 5.32 Å². The molecule has 2 heterocycles. The minimum Gasteiger partial charge on any atom is -0.477 e. The van der Waals surface area contributed by atoms with E-state index >= 15 is 0 Å². The zero-order chi connectivity index (χ0) is 14.0. The van der Waals surface area contributed by atoms with Crippen LogP contribution in [0.3, 0.4) is 0 Å². The molecule has 0 radical (unpaired) electrons. The Morgan fingerprint density at radius 1 is 1.42 bits per heavy atom. The molecular weight excluding hydrogens is 274 g/mol. The topological polar surface area (TPSA) is 125 Å². The second-order valence-electron chi connectivity index (χ2n) is 3.45. The van der Waals surface area contributed by atoms with Gasteiger partial charge in [0.2, 0.25) is 0 Å². The number of carboxylic acids is 1. The number of H-pyrrole nitrogens is 1. The van der Waals surface area contributed by atoms with Gasteiger partial charge in [-0.3, -0.25) is 14.9 Å². The van der Waals surface area contributed by atoms with E-state index in [2.05, 4.69) is 10.3 Å². The fourth-order valence-corrected chi connectivity index (χ4v) is 2.06. The Labute approximate surface area is 109 Å². The van der Waals surface area contributed by atoms with Gasteiger partial charge in [-0.2, -0.15) is 0 Å². The average Bonchev–Trinajstić information content (AvgIpc) is 2.96. The van der Waals surface area contributed by atoms with Crippen molar-refractivity contribution in [1.29, 1.82) is 0 Å². The summed E-state index contributed by atoms with van der Waals surface area (Å²) in [6, 6.07) is 3.91. The fraction of sp³-hybridized carbons (Fsp3) is 0. The first-order valence-corrected chi connectivity index (χ1v) is 5.76. The number of hydrogen-bond acceptors (Lipinski definition) is 5. The van der Waals surface area contributed by atoms with Crippen molar-refractivity contribution < 1.29 is 19.6 Å². The van der Waals surface area contributed by atoms with Gasteiger partial charge in [-0.15, -0.1) is 11.3 Å². The maximum Gasteiger partial charge on any atom is 0.345 e. The van der Waals surface area contributed by atoms with Crippen LogP contribution in [0.5, 0.6) is 0 Å². The molecule has 0 aliphatic heterocycles. The van der Waals surface area contributed by atoms with Gasteiger partial charge in [-0.25, -0.2) is 4.79 Å². The third-order valence-corrected chi connectivity index (χ3v) is 3.17. The highest BCUT2D eigenvalue weighted by Crippen LogP contribution is 2.22. The number of nitro groups is 1. The van der Waals surface area contributed by atoms with E-state index in [1.54, 1.807) is 0 Å². The Bertz CT molecular complexity index is 660. The lowest BCUT2D eigenvalue weighted by molar-refractivity contribution is -0.384. The van der Waals surface area contributed by atoms with Crippen LogP contribution in [-0.4, -0.2) is 26.9 Å². The molecule has 0 unspecified atom stereocenters. The van der Waals surface area contributed by atoms with Crippen LogP contribution < -0.4 is 5.32 Å². The summed E-state index contributed by atoms with van der Waals surface area (Å²) < 4.78 is 0. The summed E-state index contributed by atoms with van der Waals surface area (Å²) in [5.41, 5.74) is -0.195. The molecule has 0 bridgehead atoms. The number of nitrogens with one attached hydrogen (secondary N) is 2. The van der Waals surface area contributed by atoms with E-state index in [4.69, 9.17) is 5.11 Å². The number of aromatic nitrogens is 1. The van der Waals surface area contributed by atoms with Gasteiger partial charge in [0.15, 0.2) is 0 Å². The molecule has 2 rings (SSSR count). The van der Waals surface area contributed by atoms with Crippen molar-refractivity contribution in [2.45, 2.75) is 0 Å². The normalized spacial score (nSPS) is 10.1. The number of aromatic amines is 1. The minimum atomic E-state index is -1.08. The van der Waals surface area contributed by atoms with E-state index in [9.17, 15) is 19.7 Å². The molecule has 0 aliphatic carbocycles. The lowest BCUT2D eigenvalue weighted by Crippen LogP contribution is -2.10. The maximum atomic E-state index is 11.7. The van der Waals surface area contributed by atoms with Crippen LogP contribution in [0.25, 0.3) is 0 Å². The first kappa shape index (κ1) is 12.8. The molecule has 98 valence electrons. The van der Waals surface area contributed by atoms with Crippen molar-refractivity contribution in [3.8, 4) is 0 Å². The van der Waals surface area contributed by atoms with Crippen LogP contribution in [0.1, 0.15) is 20.2 Å². The van der Waals surface area contributed by atoms with Gasteiger partial charge in [0.05, 0.1) is 16.1 Å². The molecular formula is C10H7N3O5S. The summed E-state index contributed by atoms with van der Waals surface area (Å²) in [6.45, 7) is 0. The Hall–Kier alpha value is -2.68. The highest BCUT2D eigenvalue weighted by Gasteiger charge is 2.15. The summed E-state index contributed by atoms with van der Waals surface area (Å²) in [5, 5.41) is 22.0. The van der Waals surface area contributed by atoms with Gasteiger partial charge in [0, 0.05) is 6.07 Å². The largest absolute Gasteiger partial charge is 0.477 e. The number of thiophene rings is 1. The Balaban J connectivity index is 2.11. The molecule has 0 aliphatic rings. The molecule has 1 amide bonds. The number of amides is 1. The minimum absolute atomic E-state index is 0.0250. The summed E-state index contributed by atoms with van der Waals surface area (Å²) in [5.74, 6) is -1.66. The van der Waals surface area contributed by atoms with Gasteiger partial charge in [0.25, 0.3) is 11.6 Å². The van der Waals surface area contributed by atoms with Crippen LogP contribution >= 0.6 is 11.3 Å². The van der Waals surface area contributed by atoms with Crippen molar-refractivity contribution in [1.82, 2.24) is 4.98 Å². The van der Waals surface area contributed by atoms with Gasteiger partial charge < -0.3 is 15.4 Å². The number of anilines is 1. The number of rotatable bonds is 4. The quantitative estimate of drug-likeness (QED) is 0.583. The summed E-state index contributed by atoms with van der Waals surface area (Å²) in [7, 11) is 0. The van der Waals surface area contributed by atoms with Crippen LogP contribution in [0.4, 0.5) is 10.7 Å². The predicted octanol–water partition coefficient (Wildman–Crippen LogP) is 1.93. The van der Waals surface area contributed by atoms with Gasteiger partial charge >= 0.3 is 5.97 Å². The Morgan fingerprint density at radius 2 is 2.16 bits per heavy atom. The van der Waals surface area contributed by atoms with Crippen LogP contribution in [-0.2, 0) is 0 Å². The molecule has 2 aromatic heterocycles. The number of hydrogen-bond donors (Lipinski definition) is 3. The molecule has 0 saturated carbocycles. The fourth-order valence-electron chi connectivity index (χ4n) is 1.32. The number of carbonyl (C=O) groups is 2. The standard InChI is InChI=1S/C10H7N3O5S/c14-9(6-3-5(4-11-6)13(17)18)12-8-2-1-7(19-8)10(15)16/h1-4,11H,(H,12,14)(H,15,16). The molecule has 9 heteroatoms. The molecule has 0 aromatic carbocycles. The maximum absolute atomic E-state index is 11.7. The second kappa shape index (κ2) is 4.90. The zero-order valence-corrected chi connectivity index (χ0v) is 10.1. The van der Waals surface area contributed by atoms with Crippen LogP contribution in [0.15, 0.2) is 24.4 Å². The lowest BCUT2D eigenvalue weighted by atomic mass is 10.4. The molecule has 19 heavy (non-hydrogen) atoms. The summed E-state index contributed by atoms with van der Waals surface area (Å²) >= 11 is 0.898. The molecule has 0 atom stereocenters. The highest BCUT2D eigenvalue weighted by molar-refractivity contribution is 7.18. The third-order valence-electron chi connectivity index (χ3n) is 2.18. The zero-order valence-electron chi connectivity index (χ0n) is 9.25. The lowest BCUT2D eigenvalue weighted by Gasteiger charge is -1.98. The predicted molar refractivity (Wildman–Crippen MR) is 66.7 cm³/mol. The molecule has 0 saturated heterocycles. The average molecular weight is 281 g/mol. The third kappa shape index (κ3) is 2.77. The monoisotopic (exact) mass is 281 g/mol. The molecule has 2 aromatic rings. The van der Waals surface area contributed by atoms with Crippen molar-refractivity contribution in [3.05, 3.63) is 45.1 Å². The van der Waals surface area contributed by atoms with E-state index in [0.29, 0.717) is 5.00 Å². The van der Waals surface area contributed by atoms with Gasteiger partial charge in [-0.05, 0) is 12.1 Å². The number of carboxylic acid groups (broad SMARTS) is 1. The van der Waals surface area contributed by atoms with E-state index < -0.39 is 16.8 Å². The first-order valence-electron chi connectivity index (χ1n) is 4.94. The molecule has 0 fully saturated rings. The van der Waals surface area contributed by atoms with Crippen molar-refractivity contribution >= 4 is 33.9 Å². The van der Waals surface area contributed by atoms with E-state index in [0.717, 1.165) is 23.6 Å². The number of aromatic carboxylic acids is 1. The van der Waals surface area contributed by atoms with E-state index in [1.165, 1.54) is 12.1 Å². The summed E-state index contributed by atoms with van der Waals surface area (Å²) in [4.78, 5) is 34.8. The molecule has 3 N–H and O–H groups in total. The second-order valence-corrected chi connectivity index (χ2v) is 4.54. The van der Waals surface area contributed by atoms with Crippen LogP contribution in [0.2, 0.25) is 0 Å².